The molecule has 0 fully saturated rings. The average Bonchev–Trinajstić information content (AvgIpc) is 3.60. The molecule has 0 aliphatic heterocycles. The lowest BCUT2D eigenvalue weighted by Gasteiger charge is -2.17. The molecule has 0 radical (unpaired) electrons. The van der Waals surface area contributed by atoms with Crippen molar-refractivity contribution in [1.82, 2.24) is 19.7 Å². The Labute approximate surface area is 312 Å². The summed E-state index contributed by atoms with van der Waals surface area (Å²) in [5, 5.41) is 14.3. The van der Waals surface area contributed by atoms with E-state index >= 15 is 0 Å². The first-order valence-corrected chi connectivity index (χ1v) is 17.8. The number of alkyl halides is 3. The Hall–Kier alpha value is -5.56. The van der Waals surface area contributed by atoms with Crippen molar-refractivity contribution >= 4 is 45.1 Å². The largest absolute Gasteiger partial charge is 0.463 e. The van der Waals surface area contributed by atoms with E-state index in [-0.39, 0.29) is 33.2 Å². The van der Waals surface area contributed by atoms with Gasteiger partial charge in [0.25, 0.3) is 10.8 Å². The van der Waals surface area contributed by atoms with Crippen LogP contribution in [0.15, 0.2) is 64.9 Å². The lowest BCUT2D eigenvalue weighted by Crippen LogP contribution is -2.34. The first-order valence-electron chi connectivity index (χ1n) is 15.9. The quantitative estimate of drug-likeness (QED) is 0.0849. The fraction of sp³-hybridized carbons (Fsp3) is 0.324. The van der Waals surface area contributed by atoms with Gasteiger partial charge in [0.2, 0.25) is 9.84 Å². The van der Waals surface area contributed by atoms with Crippen LogP contribution in [0, 0.1) is 30.9 Å². The van der Waals surface area contributed by atoms with Crippen molar-refractivity contribution < 1.29 is 55.1 Å². The Bertz CT molecular complexity index is 2130. The summed E-state index contributed by atoms with van der Waals surface area (Å²) in [6.07, 6.45) is -3.46. The summed E-state index contributed by atoms with van der Waals surface area (Å²) in [5.41, 5.74) is 0.100. The molecule has 0 saturated carbocycles. The molecule has 1 heterocycles. The predicted octanol–water partition coefficient (Wildman–Crippen LogP) is 7.13. The van der Waals surface area contributed by atoms with Gasteiger partial charge >= 0.3 is 24.1 Å². The van der Waals surface area contributed by atoms with Crippen LogP contribution < -0.4 is 4.74 Å². The second kappa shape index (κ2) is 18.0. The molecule has 0 spiro atoms. The predicted molar refractivity (Wildman–Crippen MR) is 186 cm³/mol. The maximum Gasteiger partial charge on any atom is 0.416 e. The van der Waals surface area contributed by atoms with Crippen LogP contribution in [-0.4, -0.2) is 77.3 Å². The molecule has 1 amide bonds. The molecule has 0 aliphatic rings. The summed E-state index contributed by atoms with van der Waals surface area (Å²) in [6.45, 7) is 10.9. The lowest BCUT2D eigenvalue weighted by molar-refractivity contribution is -0.385. The van der Waals surface area contributed by atoms with Gasteiger partial charge in [-0.05, 0) is 76.9 Å². The van der Waals surface area contributed by atoms with Gasteiger partial charge in [0.15, 0.2) is 6.61 Å². The number of hydrogen-bond acceptors (Lipinski definition) is 12. The molecule has 3 aromatic carbocycles. The van der Waals surface area contributed by atoms with E-state index in [2.05, 4.69) is 14.8 Å². The third-order valence-electron chi connectivity index (χ3n) is 7.31. The topological polar surface area (TPSA) is 190 Å². The summed E-state index contributed by atoms with van der Waals surface area (Å²) < 4.78 is 79.5. The van der Waals surface area contributed by atoms with Crippen LogP contribution in [0.25, 0.3) is 0 Å². The van der Waals surface area contributed by atoms with Crippen molar-refractivity contribution in [3.8, 4) is 11.5 Å². The number of carbonyl (C=O) groups is 3. The van der Waals surface area contributed by atoms with Gasteiger partial charge in [-0.25, -0.2) is 27.8 Å². The normalized spacial score (nSPS) is 11.2. The van der Waals surface area contributed by atoms with Crippen LogP contribution in [0.3, 0.4) is 0 Å². The number of esters is 2. The molecule has 4 aromatic rings. The number of aryl methyl sites for hydroxylation is 3. The average molecular weight is 798 g/mol. The zero-order chi connectivity index (χ0) is 40.5. The first kappa shape index (κ1) is 42.8. The van der Waals surface area contributed by atoms with Gasteiger partial charge in [0.05, 0.1) is 27.0 Å². The number of sulfone groups is 1. The van der Waals surface area contributed by atoms with Gasteiger partial charge in [-0.2, -0.15) is 17.9 Å². The highest BCUT2D eigenvalue weighted by Crippen LogP contribution is 2.37. The van der Waals surface area contributed by atoms with Crippen LogP contribution in [0.4, 0.5) is 23.7 Å². The highest BCUT2D eigenvalue weighted by atomic mass is 35.5. The molecular formula is C34H35ClF3N5O10S. The number of amides is 1. The summed E-state index contributed by atoms with van der Waals surface area (Å²) in [4.78, 5) is 51.6. The Kier molecular flexibility index (Phi) is 14.3. The van der Waals surface area contributed by atoms with Crippen LogP contribution in [0.2, 0.25) is 5.02 Å². The van der Waals surface area contributed by atoms with Crippen molar-refractivity contribution in [2.75, 3.05) is 26.3 Å². The molecule has 20 heteroatoms. The number of aromatic nitrogens is 3. The molecule has 54 heavy (non-hydrogen) atoms. The van der Waals surface area contributed by atoms with E-state index in [0.29, 0.717) is 30.3 Å². The minimum atomic E-state index is -4.61. The second-order valence-corrected chi connectivity index (χ2v) is 13.4. The van der Waals surface area contributed by atoms with E-state index in [1.54, 1.807) is 26.0 Å². The van der Waals surface area contributed by atoms with E-state index in [1.807, 2.05) is 20.8 Å². The number of nitro benzene ring substituents is 1. The Morgan fingerprint density at radius 3 is 2.13 bits per heavy atom. The van der Waals surface area contributed by atoms with Crippen LogP contribution in [-0.2, 0) is 30.3 Å². The van der Waals surface area contributed by atoms with E-state index in [9.17, 15) is 46.1 Å². The van der Waals surface area contributed by atoms with E-state index in [4.69, 9.17) is 21.1 Å². The Morgan fingerprint density at radius 2 is 1.59 bits per heavy atom. The number of benzene rings is 3. The number of halogens is 4. The van der Waals surface area contributed by atoms with Crippen molar-refractivity contribution in [1.29, 1.82) is 0 Å². The second-order valence-electron chi connectivity index (χ2n) is 11.2. The molecule has 15 nitrogen and oxygen atoms in total. The highest BCUT2D eigenvalue weighted by Gasteiger charge is 2.32. The molecule has 0 N–H and O–H groups in total. The van der Waals surface area contributed by atoms with Crippen molar-refractivity contribution in [3.05, 3.63) is 97.8 Å². The SMILES string of the molecule is CCN(CC)C(=O)n1cnc(S(=O)(=O)c2c(C)cc(C)cc2C)n1.CCOC(=O)COC(=O)c1cc(Oc2ccc(C(F)(F)F)cc2Cl)ccc1[N+](=O)[O-]. The molecule has 0 saturated heterocycles. The standard InChI is InChI=1S/C18H13ClF3NO7.C16H22N4O3S/c1-2-28-16(24)9-29-17(25)12-8-11(4-5-14(12)23(26)27)30-15-6-3-10(7-13(15)19)18(20,21)22;1-6-19(7-2)16(21)20-10-17-15(18-20)24(22,23)14-12(4)8-11(3)9-13(14)5/h3-8H,2,9H2,1H3;8-10H,6-7H2,1-5H3. The van der Waals surface area contributed by atoms with Gasteiger partial charge in [-0.1, -0.05) is 29.3 Å². The summed E-state index contributed by atoms with van der Waals surface area (Å²) in [5.74, 6) is -2.36. The fourth-order valence-electron chi connectivity index (χ4n) is 4.98. The molecule has 4 rings (SSSR count). The number of ether oxygens (including phenoxy) is 3. The van der Waals surface area contributed by atoms with Crippen molar-refractivity contribution in [3.63, 3.8) is 0 Å². The number of carbonyl (C=O) groups excluding carboxylic acids is 3. The number of hydrogen-bond donors (Lipinski definition) is 0. The molecule has 290 valence electrons. The lowest BCUT2D eigenvalue weighted by atomic mass is 10.1. The maximum atomic E-state index is 12.9. The zero-order valence-electron chi connectivity index (χ0n) is 29.8. The van der Waals surface area contributed by atoms with Gasteiger partial charge in [0, 0.05) is 25.2 Å². The first-order chi connectivity index (χ1) is 25.2. The molecular weight excluding hydrogens is 763 g/mol. The molecule has 0 aliphatic carbocycles. The van der Waals surface area contributed by atoms with Crippen molar-refractivity contribution in [2.45, 2.75) is 57.8 Å². The third-order valence-corrected chi connectivity index (χ3v) is 9.46. The van der Waals surface area contributed by atoms with Crippen molar-refractivity contribution in [2.24, 2.45) is 0 Å². The monoisotopic (exact) mass is 797 g/mol. The highest BCUT2D eigenvalue weighted by molar-refractivity contribution is 7.91. The maximum absolute atomic E-state index is 12.9. The smallest absolute Gasteiger partial charge is 0.416 e. The molecule has 0 atom stereocenters. The molecule has 0 bridgehead atoms. The molecule has 1 aromatic heterocycles. The van der Waals surface area contributed by atoms with E-state index in [1.165, 1.54) is 11.8 Å². The van der Waals surface area contributed by atoms with Crippen LogP contribution >= 0.6 is 11.6 Å². The van der Waals surface area contributed by atoms with E-state index in [0.717, 1.165) is 46.9 Å². The number of nitrogens with zero attached hydrogens (tertiary/aromatic N) is 5. The third kappa shape index (κ3) is 10.5. The summed E-state index contributed by atoms with van der Waals surface area (Å²) in [6, 6.07) is 8.56. The van der Waals surface area contributed by atoms with Crippen LogP contribution in [0.5, 0.6) is 11.5 Å². The van der Waals surface area contributed by atoms with Gasteiger partial charge < -0.3 is 19.1 Å². The van der Waals surface area contributed by atoms with Gasteiger partial charge in [-0.3, -0.25) is 10.1 Å². The van der Waals surface area contributed by atoms with Gasteiger partial charge in [0.1, 0.15) is 23.4 Å². The van der Waals surface area contributed by atoms with Crippen LogP contribution in [0.1, 0.15) is 53.4 Å². The Morgan fingerprint density at radius 1 is 0.963 bits per heavy atom. The minimum Gasteiger partial charge on any atom is -0.463 e. The van der Waals surface area contributed by atoms with Gasteiger partial charge in [-0.15, -0.1) is 5.10 Å². The number of nitro groups is 1. The fourth-order valence-corrected chi connectivity index (χ4v) is 6.73. The molecule has 0 unspecified atom stereocenters. The summed E-state index contributed by atoms with van der Waals surface area (Å²) in [7, 11) is -3.88. The van der Waals surface area contributed by atoms with E-state index < -0.39 is 62.3 Å². The minimum absolute atomic E-state index is 0.0493. The Balaban J connectivity index is 0.000000297. The summed E-state index contributed by atoms with van der Waals surface area (Å²) >= 11 is 5.81. The zero-order valence-corrected chi connectivity index (χ0v) is 31.3. The number of rotatable bonds is 11.